The van der Waals surface area contributed by atoms with Crippen LogP contribution in [-0.4, -0.2) is 23.7 Å². The molecule has 4 nitrogen and oxygen atoms in total. The van der Waals surface area contributed by atoms with Crippen LogP contribution in [-0.2, 0) is 7.05 Å². The predicted octanol–water partition coefficient (Wildman–Crippen LogP) is 1.99. The molecule has 3 aromatic rings. The molecule has 1 aliphatic rings. The maximum atomic E-state index is 8.06. The van der Waals surface area contributed by atoms with Crippen LogP contribution >= 0.6 is 0 Å². The first-order valence-corrected chi connectivity index (χ1v) is 8.14. The first-order valence-electron chi connectivity index (χ1n) is 11.1. The minimum Gasteiger partial charge on any atom is -0.449 e. The molecule has 0 spiro atoms. The van der Waals surface area contributed by atoms with E-state index in [1.807, 2.05) is 25.1 Å². The molecule has 0 unspecified atom stereocenters. The van der Waals surface area contributed by atoms with E-state index in [1.165, 1.54) is 0 Å². The first-order chi connectivity index (χ1) is 14.3. The molecule has 3 aromatic heterocycles. The van der Waals surface area contributed by atoms with Crippen molar-refractivity contribution in [3.63, 3.8) is 0 Å². The summed E-state index contributed by atoms with van der Waals surface area (Å²) in [5, 5.41) is 0.652. The van der Waals surface area contributed by atoms with Crippen molar-refractivity contribution in [3.8, 4) is 0 Å². The summed E-state index contributed by atoms with van der Waals surface area (Å²) in [4.78, 5) is 6.25. The van der Waals surface area contributed by atoms with Crippen LogP contribution < -0.4 is 15.8 Å². The van der Waals surface area contributed by atoms with Crippen molar-refractivity contribution >= 4 is 34.8 Å². The van der Waals surface area contributed by atoms with Crippen LogP contribution in [0.15, 0.2) is 35.0 Å². The number of allylic oxidation sites excluding steroid dienone is 1. The predicted molar refractivity (Wildman–Crippen MR) is 102 cm³/mol. The second-order valence-electron chi connectivity index (χ2n) is 6.66. The van der Waals surface area contributed by atoms with Crippen LogP contribution in [0.1, 0.15) is 37.5 Å². The van der Waals surface area contributed by atoms with E-state index in [1.54, 1.807) is 42.8 Å². The number of furan rings is 1. The molecule has 1 aliphatic heterocycles. The third kappa shape index (κ3) is 2.37. The van der Waals surface area contributed by atoms with Gasteiger partial charge < -0.3 is 9.23 Å². The zero-order valence-electron chi connectivity index (χ0n) is 20.7. The Bertz CT molecular complexity index is 1230. The molecule has 0 fully saturated rings. The summed E-state index contributed by atoms with van der Waals surface area (Å²) in [6, 6.07) is 5.50. The lowest BCUT2D eigenvalue weighted by molar-refractivity contribution is -0.654. The fourth-order valence-corrected chi connectivity index (χ4v) is 3.47. The van der Waals surface area contributed by atoms with Crippen molar-refractivity contribution in [1.82, 2.24) is 9.79 Å². The number of nitrogens with zero attached hydrogens (tertiary/aromatic N) is 3. The van der Waals surface area contributed by atoms with Gasteiger partial charge in [-0.3, -0.25) is 0 Å². The number of aryl methyl sites for hydroxylation is 4. The molecular formula is C20H23BN3O+. The van der Waals surface area contributed by atoms with Gasteiger partial charge in [0.05, 0.1) is 0 Å². The molecule has 0 saturated heterocycles. The molecule has 0 aromatic carbocycles. The minimum absolute atomic E-state index is 0.198. The quantitative estimate of drug-likeness (QED) is 0.503. The summed E-state index contributed by atoms with van der Waals surface area (Å²) in [5.41, 5.74) is 4.07. The van der Waals surface area contributed by atoms with E-state index in [0.29, 0.717) is 27.9 Å². The van der Waals surface area contributed by atoms with Crippen LogP contribution in [0.5, 0.6) is 0 Å². The summed E-state index contributed by atoms with van der Waals surface area (Å²) in [5.74, 6) is 0. The number of hydrogen-bond acceptors (Lipinski definition) is 3. The summed E-state index contributed by atoms with van der Waals surface area (Å²) < 4.78 is 55.4. The van der Waals surface area contributed by atoms with Gasteiger partial charge in [-0.05, 0) is 64.1 Å². The van der Waals surface area contributed by atoms with Gasteiger partial charge in [0.1, 0.15) is 12.7 Å². The molecule has 0 amide bonds. The fraction of sp³-hybridized carbons (Fsp3) is 0.300. The standard InChI is InChI=1S/C20H23BN3O/c1-12-9-17(23(5)10-13(12)2)21-19-18(14(3)11-24(21)6)16-8-7-15(4)22-20(16)25-19/h7-11H,1-6H3/q+1/i2D3,3D3. The van der Waals surface area contributed by atoms with E-state index < -0.39 is 20.6 Å². The maximum absolute atomic E-state index is 8.06. The average molecular weight is 338 g/mol. The molecule has 126 valence electrons. The molecule has 0 saturated carbocycles. The summed E-state index contributed by atoms with van der Waals surface area (Å²) >= 11 is 0. The van der Waals surface area contributed by atoms with Gasteiger partial charge in [-0.25, -0.2) is 9.55 Å². The van der Waals surface area contributed by atoms with Gasteiger partial charge in [-0.1, -0.05) is 0 Å². The summed E-state index contributed by atoms with van der Waals surface area (Å²) in [6.07, 6.45) is 3.24. The summed E-state index contributed by atoms with van der Waals surface area (Å²) in [6.45, 7) is -1.38. The van der Waals surface area contributed by atoms with E-state index in [9.17, 15) is 0 Å². The molecule has 0 aliphatic carbocycles. The molecule has 0 bridgehead atoms. The zero-order chi connectivity index (χ0) is 22.9. The normalized spacial score (nSPS) is 18.6. The van der Waals surface area contributed by atoms with Crippen molar-refractivity contribution in [2.24, 2.45) is 7.05 Å². The Balaban J connectivity index is 2.00. The molecule has 0 N–H and O–H groups in total. The van der Waals surface area contributed by atoms with Gasteiger partial charge in [-0.15, -0.1) is 0 Å². The molecule has 0 atom stereocenters. The summed E-state index contributed by atoms with van der Waals surface area (Å²) in [7, 11) is 3.57. The van der Waals surface area contributed by atoms with Gasteiger partial charge >= 0.3 is 6.85 Å². The monoisotopic (exact) mass is 338 g/mol. The van der Waals surface area contributed by atoms with Crippen LogP contribution in [0.4, 0.5) is 0 Å². The second-order valence-corrected chi connectivity index (χ2v) is 6.66. The molecule has 4 rings (SSSR count). The van der Waals surface area contributed by atoms with Gasteiger partial charge in [0, 0.05) is 36.5 Å². The van der Waals surface area contributed by atoms with Gasteiger partial charge in [-0.2, -0.15) is 0 Å². The van der Waals surface area contributed by atoms with Crippen LogP contribution in [0.3, 0.4) is 0 Å². The van der Waals surface area contributed by atoms with E-state index in [2.05, 4.69) is 4.98 Å². The Morgan fingerprint density at radius 2 is 2.08 bits per heavy atom. The van der Waals surface area contributed by atoms with Crippen molar-refractivity contribution in [1.29, 1.82) is 0 Å². The van der Waals surface area contributed by atoms with Gasteiger partial charge in [0.25, 0.3) is 0 Å². The highest BCUT2D eigenvalue weighted by molar-refractivity contribution is 6.82. The number of pyridine rings is 2. The highest BCUT2D eigenvalue weighted by atomic mass is 16.3. The minimum atomic E-state index is -2.33. The Kier molecular flexibility index (Phi) is 2.29. The number of rotatable bonds is 1. The molecular weight excluding hydrogens is 309 g/mol. The molecule has 5 heteroatoms. The SMILES string of the molecule is [2H]C([2H])([2H])C1=CN(C)B(c2cc(C)c(C([2H])([2H])[2H])c[n+]2C)c2oc3nc(C)ccc3c21. The lowest BCUT2D eigenvalue weighted by atomic mass is 9.51. The van der Waals surface area contributed by atoms with Crippen molar-refractivity contribution in [2.75, 3.05) is 7.05 Å². The maximum Gasteiger partial charge on any atom is 0.443 e. The van der Waals surface area contributed by atoms with E-state index in [-0.39, 0.29) is 11.1 Å². The highest BCUT2D eigenvalue weighted by Gasteiger charge is 2.41. The zero-order valence-corrected chi connectivity index (χ0v) is 14.7. The second kappa shape index (κ2) is 5.48. The number of fused-ring (bicyclic) bond motifs is 3. The largest absolute Gasteiger partial charge is 0.449 e. The van der Waals surface area contributed by atoms with E-state index >= 15 is 0 Å². The fourth-order valence-electron chi connectivity index (χ4n) is 3.47. The lowest BCUT2D eigenvalue weighted by Crippen LogP contribution is -2.65. The van der Waals surface area contributed by atoms with E-state index in [4.69, 9.17) is 12.6 Å². The topological polar surface area (TPSA) is 33.2 Å². The molecule has 0 radical (unpaired) electrons. The Hall–Kier alpha value is -2.56. The Labute approximate surface area is 157 Å². The van der Waals surface area contributed by atoms with Crippen molar-refractivity contribution in [3.05, 3.63) is 53.0 Å². The van der Waals surface area contributed by atoms with E-state index in [0.717, 1.165) is 11.3 Å². The van der Waals surface area contributed by atoms with Gasteiger partial charge in [0.15, 0.2) is 11.8 Å². The van der Waals surface area contributed by atoms with Crippen LogP contribution in [0.25, 0.3) is 16.7 Å². The average Bonchev–Trinajstić information content (AvgIpc) is 2.99. The Morgan fingerprint density at radius 1 is 1.24 bits per heavy atom. The number of hydrogen-bond donors (Lipinski definition) is 0. The van der Waals surface area contributed by atoms with Gasteiger partial charge in [0.2, 0.25) is 5.71 Å². The van der Waals surface area contributed by atoms with Crippen LogP contribution in [0.2, 0.25) is 0 Å². The van der Waals surface area contributed by atoms with Crippen molar-refractivity contribution < 1.29 is 17.2 Å². The third-order valence-electron chi connectivity index (χ3n) is 4.78. The Morgan fingerprint density at radius 3 is 2.84 bits per heavy atom. The molecule has 25 heavy (non-hydrogen) atoms. The van der Waals surface area contributed by atoms with Crippen molar-refractivity contribution in [2.45, 2.75) is 27.6 Å². The third-order valence-corrected chi connectivity index (χ3v) is 4.78. The lowest BCUT2D eigenvalue weighted by Gasteiger charge is -2.26. The number of aromatic nitrogens is 2. The first kappa shape index (κ1) is 10.4. The van der Waals surface area contributed by atoms with Crippen LogP contribution in [0, 0.1) is 20.7 Å². The highest BCUT2D eigenvalue weighted by Crippen LogP contribution is 2.28. The molecule has 4 heterocycles. The smallest absolute Gasteiger partial charge is 0.443 e.